The van der Waals surface area contributed by atoms with Gasteiger partial charge in [-0.2, -0.15) is 0 Å². The zero-order valence-corrected chi connectivity index (χ0v) is 20.0. The Morgan fingerprint density at radius 3 is 2.34 bits per heavy atom. The number of rotatable bonds is 9. The van der Waals surface area contributed by atoms with E-state index in [1.54, 1.807) is 19.5 Å². The zero-order valence-electron chi connectivity index (χ0n) is 20.0. The molecule has 8 heteroatoms. The topological polar surface area (TPSA) is 102 Å². The molecule has 0 atom stereocenters. The molecule has 0 unspecified atom stereocenters. The molecule has 1 aromatic carbocycles. The Hall–Kier alpha value is -3.52. The fourth-order valence-electron chi connectivity index (χ4n) is 4.50. The van der Waals surface area contributed by atoms with Gasteiger partial charge in [0.25, 0.3) is 5.91 Å². The number of hydrogen-bond donors (Lipinski definition) is 2. The first-order valence-electron chi connectivity index (χ1n) is 12.1. The van der Waals surface area contributed by atoms with Crippen LogP contribution in [0.1, 0.15) is 36.0 Å². The van der Waals surface area contributed by atoms with Crippen molar-refractivity contribution in [1.29, 1.82) is 0 Å². The van der Waals surface area contributed by atoms with Crippen LogP contribution in [0.25, 0.3) is 22.2 Å². The van der Waals surface area contributed by atoms with E-state index in [0.717, 1.165) is 47.8 Å². The molecule has 2 amide bonds. The maximum Gasteiger partial charge on any atom is 0.407 e. The first kappa shape index (κ1) is 24.6. The van der Waals surface area contributed by atoms with Gasteiger partial charge in [0.2, 0.25) is 0 Å². The number of fused-ring (bicyclic) bond motifs is 1. The average molecular weight is 477 g/mol. The number of amides is 2. The Morgan fingerprint density at radius 2 is 1.63 bits per heavy atom. The number of para-hydroxylation sites is 1. The second-order valence-electron chi connectivity index (χ2n) is 8.91. The number of benzene rings is 1. The van der Waals surface area contributed by atoms with E-state index in [-0.39, 0.29) is 12.5 Å². The lowest BCUT2D eigenvalue weighted by molar-refractivity contribution is 0.0935. The van der Waals surface area contributed by atoms with Crippen molar-refractivity contribution in [1.82, 2.24) is 20.6 Å². The van der Waals surface area contributed by atoms with Crippen LogP contribution in [-0.4, -0.2) is 55.4 Å². The Balaban J connectivity index is 1.31. The zero-order chi connectivity index (χ0) is 24.5. The summed E-state index contributed by atoms with van der Waals surface area (Å²) < 4.78 is 9.91. The van der Waals surface area contributed by atoms with Crippen molar-refractivity contribution in [2.24, 2.45) is 11.8 Å². The lowest BCUT2D eigenvalue weighted by Crippen LogP contribution is -2.35. The predicted octanol–water partition coefficient (Wildman–Crippen LogP) is 4.21. The van der Waals surface area contributed by atoms with Gasteiger partial charge in [-0.25, -0.2) is 9.78 Å². The highest BCUT2D eigenvalue weighted by atomic mass is 16.6. The molecule has 184 valence electrons. The lowest BCUT2D eigenvalue weighted by atomic mass is 9.82. The van der Waals surface area contributed by atoms with Gasteiger partial charge in [0.05, 0.1) is 23.4 Å². The van der Waals surface area contributed by atoms with Crippen LogP contribution in [0.4, 0.5) is 4.79 Å². The average Bonchev–Trinajstić information content (AvgIpc) is 2.91. The molecule has 0 aliphatic heterocycles. The van der Waals surface area contributed by atoms with Crippen molar-refractivity contribution < 1.29 is 19.1 Å². The molecule has 0 spiro atoms. The third-order valence-electron chi connectivity index (χ3n) is 6.51. The summed E-state index contributed by atoms with van der Waals surface area (Å²) in [5, 5.41) is 6.83. The summed E-state index contributed by atoms with van der Waals surface area (Å²) in [4.78, 5) is 33.7. The fourth-order valence-corrected chi connectivity index (χ4v) is 4.50. The summed E-state index contributed by atoms with van der Waals surface area (Å²) in [7, 11) is 1.57. The van der Waals surface area contributed by atoms with Crippen LogP contribution in [0.15, 0.2) is 54.9 Å². The number of hydrogen-bond acceptors (Lipinski definition) is 6. The molecule has 3 aromatic rings. The molecule has 1 aliphatic rings. The van der Waals surface area contributed by atoms with Crippen LogP contribution in [-0.2, 0) is 9.47 Å². The number of methoxy groups -OCH3 is 1. The van der Waals surface area contributed by atoms with E-state index >= 15 is 0 Å². The van der Waals surface area contributed by atoms with Crippen LogP contribution in [0, 0.1) is 11.8 Å². The van der Waals surface area contributed by atoms with Gasteiger partial charge in [0.1, 0.15) is 6.61 Å². The largest absolute Gasteiger partial charge is 0.447 e. The van der Waals surface area contributed by atoms with Crippen molar-refractivity contribution in [3.63, 3.8) is 0 Å². The Morgan fingerprint density at radius 1 is 0.943 bits per heavy atom. The highest BCUT2D eigenvalue weighted by Crippen LogP contribution is 2.29. The molecule has 4 rings (SSSR count). The van der Waals surface area contributed by atoms with Gasteiger partial charge in [-0.1, -0.05) is 18.2 Å². The quantitative estimate of drug-likeness (QED) is 0.449. The van der Waals surface area contributed by atoms with Gasteiger partial charge in [-0.3, -0.25) is 9.78 Å². The maximum atomic E-state index is 13.2. The van der Waals surface area contributed by atoms with Crippen molar-refractivity contribution in [2.45, 2.75) is 25.7 Å². The maximum absolute atomic E-state index is 13.2. The van der Waals surface area contributed by atoms with Crippen LogP contribution < -0.4 is 10.6 Å². The van der Waals surface area contributed by atoms with Crippen molar-refractivity contribution in [2.75, 3.05) is 33.4 Å². The van der Waals surface area contributed by atoms with E-state index in [1.165, 1.54) is 0 Å². The number of nitrogens with zero attached hydrogens (tertiary/aromatic N) is 2. The molecule has 2 aromatic heterocycles. The van der Waals surface area contributed by atoms with E-state index in [9.17, 15) is 9.59 Å². The van der Waals surface area contributed by atoms with Crippen molar-refractivity contribution in [3.8, 4) is 11.3 Å². The minimum absolute atomic E-state index is 0.0819. The second kappa shape index (κ2) is 12.3. The summed E-state index contributed by atoms with van der Waals surface area (Å²) in [5.74, 6) is 0.780. The molecule has 8 nitrogen and oxygen atoms in total. The summed E-state index contributed by atoms with van der Waals surface area (Å²) in [5.41, 5.74) is 3.10. The second-order valence-corrected chi connectivity index (χ2v) is 8.91. The minimum atomic E-state index is -0.396. The summed E-state index contributed by atoms with van der Waals surface area (Å²) in [6.07, 6.45) is 7.12. The Kier molecular flexibility index (Phi) is 8.62. The number of carbonyl (C=O) groups is 2. The van der Waals surface area contributed by atoms with E-state index < -0.39 is 6.09 Å². The molecule has 2 N–H and O–H groups in total. The molecule has 0 saturated heterocycles. The molecule has 0 bridgehead atoms. The third-order valence-corrected chi connectivity index (χ3v) is 6.51. The van der Waals surface area contributed by atoms with Crippen LogP contribution >= 0.6 is 0 Å². The number of nitrogens with one attached hydrogen (secondary N) is 2. The standard InChI is InChI=1S/C27H32N4O4/c1-34-14-15-35-27(33)30-18-20-8-6-19(7-9-20)17-29-26(32)23-16-25(21-10-12-28-13-11-21)31-24-5-3-2-4-22(23)24/h2-5,10-13,16,19-20H,6-9,14-15,17-18H2,1H3,(H,29,32)(H,30,33). The number of pyridine rings is 2. The lowest BCUT2D eigenvalue weighted by Gasteiger charge is -2.28. The highest BCUT2D eigenvalue weighted by molar-refractivity contribution is 6.07. The van der Waals surface area contributed by atoms with Crippen molar-refractivity contribution in [3.05, 3.63) is 60.4 Å². The van der Waals surface area contributed by atoms with Gasteiger partial charge in [0, 0.05) is 43.5 Å². The van der Waals surface area contributed by atoms with Crippen LogP contribution in [0.5, 0.6) is 0 Å². The molecular formula is C27H32N4O4. The molecule has 1 saturated carbocycles. The number of aromatic nitrogens is 2. The van der Waals surface area contributed by atoms with Gasteiger partial charge in [0.15, 0.2) is 0 Å². The van der Waals surface area contributed by atoms with E-state index in [0.29, 0.717) is 37.1 Å². The van der Waals surface area contributed by atoms with E-state index in [2.05, 4.69) is 15.6 Å². The SMILES string of the molecule is COCCOC(=O)NCC1CCC(CNC(=O)c2cc(-c3ccncc3)nc3ccccc23)CC1. The molecule has 1 fully saturated rings. The van der Waals surface area contributed by atoms with E-state index in [4.69, 9.17) is 14.5 Å². The van der Waals surface area contributed by atoms with Gasteiger partial charge < -0.3 is 20.1 Å². The molecule has 1 aliphatic carbocycles. The van der Waals surface area contributed by atoms with E-state index in [1.807, 2.05) is 42.5 Å². The molecule has 0 radical (unpaired) electrons. The normalized spacial score (nSPS) is 17.6. The third kappa shape index (κ3) is 6.76. The monoisotopic (exact) mass is 476 g/mol. The first-order chi connectivity index (χ1) is 17.1. The molecule has 35 heavy (non-hydrogen) atoms. The number of ether oxygens (including phenoxy) is 2. The number of alkyl carbamates (subject to hydrolysis) is 1. The minimum Gasteiger partial charge on any atom is -0.447 e. The fraction of sp³-hybridized carbons (Fsp3) is 0.407. The van der Waals surface area contributed by atoms with Gasteiger partial charge >= 0.3 is 6.09 Å². The van der Waals surface area contributed by atoms with Gasteiger partial charge in [-0.15, -0.1) is 0 Å². The summed E-state index contributed by atoms with van der Waals surface area (Å²) in [6, 6.07) is 13.4. The molecular weight excluding hydrogens is 444 g/mol. The van der Waals surface area contributed by atoms with Crippen LogP contribution in [0.3, 0.4) is 0 Å². The van der Waals surface area contributed by atoms with Gasteiger partial charge in [-0.05, 0) is 61.8 Å². The summed E-state index contributed by atoms with van der Waals surface area (Å²) >= 11 is 0. The van der Waals surface area contributed by atoms with Crippen molar-refractivity contribution >= 4 is 22.9 Å². The highest BCUT2D eigenvalue weighted by Gasteiger charge is 2.23. The summed E-state index contributed by atoms with van der Waals surface area (Å²) in [6.45, 7) is 1.90. The van der Waals surface area contributed by atoms with Crippen LogP contribution in [0.2, 0.25) is 0 Å². The Bertz CT molecular complexity index is 1130. The Labute approximate surface area is 205 Å². The first-order valence-corrected chi connectivity index (χ1v) is 12.1. The smallest absolute Gasteiger partial charge is 0.407 e. The number of carbonyl (C=O) groups excluding carboxylic acids is 2. The molecule has 2 heterocycles. The predicted molar refractivity (Wildman–Crippen MR) is 134 cm³/mol.